The predicted molar refractivity (Wildman–Crippen MR) is 61.4 cm³/mol. The smallest absolute Gasteiger partial charge is 0.251 e. The van der Waals surface area contributed by atoms with Gasteiger partial charge in [-0.25, -0.2) is 8.78 Å². The SMILES string of the molecule is C#CCCCCNC(=O)c1cc(F)cc(F)c1. The second kappa shape index (κ2) is 6.64. The van der Waals surface area contributed by atoms with Crippen LogP contribution >= 0.6 is 0 Å². The molecule has 1 rings (SSSR count). The van der Waals surface area contributed by atoms with Gasteiger partial charge in [0.1, 0.15) is 11.6 Å². The van der Waals surface area contributed by atoms with Gasteiger partial charge in [0, 0.05) is 24.6 Å². The Morgan fingerprint density at radius 3 is 2.47 bits per heavy atom. The fourth-order valence-corrected chi connectivity index (χ4v) is 1.34. The summed E-state index contributed by atoms with van der Waals surface area (Å²) in [4.78, 5) is 11.5. The van der Waals surface area contributed by atoms with Crippen LogP contribution in [0.15, 0.2) is 18.2 Å². The quantitative estimate of drug-likeness (QED) is 0.618. The molecular formula is C13H13F2NO. The van der Waals surface area contributed by atoms with E-state index in [9.17, 15) is 13.6 Å². The molecule has 0 heterocycles. The third kappa shape index (κ3) is 4.64. The summed E-state index contributed by atoms with van der Waals surface area (Å²) in [6.45, 7) is 0.443. The zero-order valence-corrected chi connectivity index (χ0v) is 9.30. The molecule has 0 aliphatic carbocycles. The highest BCUT2D eigenvalue weighted by atomic mass is 19.1. The van der Waals surface area contributed by atoms with Crippen molar-refractivity contribution in [2.45, 2.75) is 19.3 Å². The minimum Gasteiger partial charge on any atom is -0.352 e. The average molecular weight is 237 g/mol. The first-order valence-electron chi connectivity index (χ1n) is 5.31. The lowest BCUT2D eigenvalue weighted by molar-refractivity contribution is 0.0952. The molecule has 0 aliphatic rings. The molecule has 17 heavy (non-hydrogen) atoms. The van der Waals surface area contributed by atoms with Gasteiger partial charge in [-0.05, 0) is 25.0 Å². The van der Waals surface area contributed by atoms with Crippen LogP contribution in [-0.4, -0.2) is 12.5 Å². The van der Waals surface area contributed by atoms with Crippen molar-refractivity contribution in [2.24, 2.45) is 0 Å². The number of terminal acetylenes is 1. The molecule has 1 N–H and O–H groups in total. The molecular weight excluding hydrogens is 224 g/mol. The Bertz CT molecular complexity index is 417. The molecule has 0 radical (unpaired) electrons. The molecule has 4 heteroatoms. The lowest BCUT2D eigenvalue weighted by Crippen LogP contribution is -2.24. The van der Waals surface area contributed by atoms with Gasteiger partial charge in [-0.3, -0.25) is 4.79 Å². The van der Waals surface area contributed by atoms with E-state index < -0.39 is 17.5 Å². The Morgan fingerprint density at radius 1 is 1.24 bits per heavy atom. The third-order valence-electron chi connectivity index (χ3n) is 2.16. The van der Waals surface area contributed by atoms with E-state index in [0.29, 0.717) is 13.0 Å². The molecule has 0 aromatic heterocycles. The number of hydrogen-bond acceptors (Lipinski definition) is 1. The second-order valence-corrected chi connectivity index (χ2v) is 3.58. The van der Waals surface area contributed by atoms with Crippen molar-refractivity contribution in [2.75, 3.05) is 6.54 Å². The molecule has 0 spiro atoms. The van der Waals surface area contributed by atoms with Crippen LogP contribution in [0.1, 0.15) is 29.6 Å². The van der Waals surface area contributed by atoms with Crippen molar-refractivity contribution in [3.63, 3.8) is 0 Å². The fourth-order valence-electron chi connectivity index (χ4n) is 1.34. The van der Waals surface area contributed by atoms with E-state index in [-0.39, 0.29) is 5.56 Å². The molecule has 90 valence electrons. The van der Waals surface area contributed by atoms with E-state index in [2.05, 4.69) is 11.2 Å². The van der Waals surface area contributed by atoms with E-state index in [1.165, 1.54) is 0 Å². The van der Waals surface area contributed by atoms with Crippen LogP contribution in [0.4, 0.5) is 8.78 Å². The van der Waals surface area contributed by atoms with Crippen LogP contribution in [0, 0.1) is 24.0 Å². The molecule has 1 amide bonds. The van der Waals surface area contributed by atoms with Crippen molar-refractivity contribution in [3.8, 4) is 12.3 Å². The van der Waals surface area contributed by atoms with Gasteiger partial charge in [-0.2, -0.15) is 0 Å². The van der Waals surface area contributed by atoms with Gasteiger partial charge >= 0.3 is 0 Å². The van der Waals surface area contributed by atoms with Crippen LogP contribution in [0.25, 0.3) is 0 Å². The summed E-state index contributed by atoms with van der Waals surface area (Å²) < 4.78 is 25.7. The molecule has 1 aromatic rings. The highest BCUT2D eigenvalue weighted by Crippen LogP contribution is 2.07. The molecule has 0 saturated heterocycles. The van der Waals surface area contributed by atoms with E-state index in [1.807, 2.05) is 0 Å². The minimum atomic E-state index is -0.762. The first kappa shape index (κ1) is 13.2. The summed E-state index contributed by atoms with van der Waals surface area (Å²) in [5, 5.41) is 2.57. The maximum Gasteiger partial charge on any atom is 0.251 e. The molecule has 0 saturated carbocycles. The predicted octanol–water partition coefficient (Wildman–Crippen LogP) is 2.50. The van der Waals surface area contributed by atoms with E-state index in [1.54, 1.807) is 0 Å². The van der Waals surface area contributed by atoms with Gasteiger partial charge < -0.3 is 5.32 Å². The van der Waals surface area contributed by atoms with Gasteiger partial charge in [0.05, 0.1) is 0 Å². The van der Waals surface area contributed by atoms with Gasteiger partial charge in [-0.15, -0.1) is 12.3 Å². The lowest BCUT2D eigenvalue weighted by Gasteiger charge is -2.04. The normalized spacial score (nSPS) is 9.71. The number of carbonyl (C=O) groups excluding carboxylic acids is 1. The number of halogens is 2. The maximum atomic E-state index is 12.8. The van der Waals surface area contributed by atoms with Gasteiger partial charge in [0.15, 0.2) is 0 Å². The van der Waals surface area contributed by atoms with Crippen molar-refractivity contribution in [1.82, 2.24) is 5.32 Å². The van der Waals surface area contributed by atoms with Gasteiger partial charge in [0.25, 0.3) is 5.91 Å². The molecule has 0 atom stereocenters. The maximum absolute atomic E-state index is 12.8. The first-order chi connectivity index (χ1) is 8.13. The van der Waals surface area contributed by atoms with E-state index in [0.717, 1.165) is 31.0 Å². The Labute approximate surface area is 99.0 Å². The number of carbonyl (C=O) groups is 1. The standard InChI is InChI=1S/C13H13F2NO/c1-2-3-4-5-6-16-13(17)10-7-11(14)9-12(15)8-10/h1,7-9H,3-6H2,(H,16,17). The zero-order chi connectivity index (χ0) is 12.7. The molecule has 2 nitrogen and oxygen atoms in total. The summed E-state index contributed by atoms with van der Waals surface area (Å²) >= 11 is 0. The largest absolute Gasteiger partial charge is 0.352 e. The molecule has 1 aromatic carbocycles. The Hall–Kier alpha value is -1.89. The Balaban J connectivity index is 2.44. The van der Waals surface area contributed by atoms with Crippen molar-refractivity contribution in [1.29, 1.82) is 0 Å². The van der Waals surface area contributed by atoms with Crippen molar-refractivity contribution in [3.05, 3.63) is 35.4 Å². The highest BCUT2D eigenvalue weighted by molar-refractivity contribution is 5.94. The van der Waals surface area contributed by atoms with Gasteiger partial charge in [0.2, 0.25) is 0 Å². The minimum absolute atomic E-state index is 0.0144. The molecule has 0 aliphatic heterocycles. The summed E-state index contributed by atoms with van der Waals surface area (Å²) in [7, 11) is 0. The van der Waals surface area contributed by atoms with Crippen molar-refractivity contribution < 1.29 is 13.6 Å². The third-order valence-corrected chi connectivity index (χ3v) is 2.16. The second-order valence-electron chi connectivity index (χ2n) is 3.58. The summed E-state index contributed by atoms with van der Waals surface area (Å²) in [5.41, 5.74) is -0.0144. The van der Waals surface area contributed by atoms with Crippen LogP contribution in [0.3, 0.4) is 0 Å². The van der Waals surface area contributed by atoms with E-state index >= 15 is 0 Å². The summed E-state index contributed by atoms with van der Waals surface area (Å²) in [5.74, 6) is 0.485. The van der Waals surface area contributed by atoms with Crippen LogP contribution in [-0.2, 0) is 0 Å². The zero-order valence-electron chi connectivity index (χ0n) is 9.30. The first-order valence-corrected chi connectivity index (χ1v) is 5.31. The van der Waals surface area contributed by atoms with E-state index in [4.69, 9.17) is 6.42 Å². The summed E-state index contributed by atoms with van der Waals surface area (Å²) in [6.07, 6.45) is 7.29. The lowest BCUT2D eigenvalue weighted by atomic mass is 10.2. The topological polar surface area (TPSA) is 29.1 Å². The monoisotopic (exact) mass is 237 g/mol. The average Bonchev–Trinajstić information content (AvgIpc) is 2.27. The number of hydrogen-bond donors (Lipinski definition) is 1. The summed E-state index contributed by atoms with van der Waals surface area (Å²) in [6, 6.07) is 2.73. The Morgan fingerprint density at radius 2 is 1.88 bits per heavy atom. The van der Waals surface area contributed by atoms with Crippen LogP contribution in [0.5, 0.6) is 0 Å². The highest BCUT2D eigenvalue weighted by Gasteiger charge is 2.08. The number of nitrogens with one attached hydrogen (secondary N) is 1. The van der Waals surface area contributed by atoms with Crippen molar-refractivity contribution >= 4 is 5.91 Å². The van der Waals surface area contributed by atoms with Crippen LogP contribution < -0.4 is 5.32 Å². The molecule has 0 bridgehead atoms. The number of benzene rings is 1. The number of rotatable bonds is 5. The van der Waals surface area contributed by atoms with Crippen LogP contribution in [0.2, 0.25) is 0 Å². The number of unbranched alkanes of at least 4 members (excludes halogenated alkanes) is 2. The fraction of sp³-hybridized carbons (Fsp3) is 0.308. The number of amides is 1. The molecule has 0 fully saturated rings. The van der Waals surface area contributed by atoms with Gasteiger partial charge in [-0.1, -0.05) is 0 Å². The molecule has 0 unspecified atom stereocenters. The Kier molecular flexibility index (Phi) is 5.15.